The molecule has 0 aliphatic carbocycles. The first-order valence-corrected chi connectivity index (χ1v) is 29.3. The van der Waals surface area contributed by atoms with Gasteiger partial charge in [-0.2, -0.15) is 18.2 Å². The predicted molar refractivity (Wildman–Crippen MR) is 351 cm³/mol. The summed E-state index contributed by atoms with van der Waals surface area (Å²) in [6.07, 6.45) is 5.68. The molecule has 86 heavy (non-hydrogen) atoms. The molecule has 7 heteroatoms. The predicted octanol–water partition coefficient (Wildman–Crippen LogP) is 20.0. The molecular formula is C79H67N5OPt-2. The Balaban J connectivity index is 0.00000758. The van der Waals surface area contributed by atoms with E-state index in [0.717, 1.165) is 88.8 Å². The van der Waals surface area contributed by atoms with Gasteiger partial charge in [0.15, 0.2) is 0 Å². The van der Waals surface area contributed by atoms with E-state index < -0.39 is 18.1 Å². The molecule has 0 radical (unpaired) electrons. The van der Waals surface area contributed by atoms with E-state index in [-0.39, 0.29) is 49.5 Å². The van der Waals surface area contributed by atoms with Gasteiger partial charge in [-0.3, -0.25) is 4.57 Å². The third kappa shape index (κ3) is 10.0. The first kappa shape index (κ1) is 50.3. The van der Waals surface area contributed by atoms with Gasteiger partial charge in [-0.25, -0.2) is 4.98 Å². The summed E-state index contributed by atoms with van der Waals surface area (Å²) in [5.41, 5.74) is 15.2. The summed E-state index contributed by atoms with van der Waals surface area (Å²) in [6.45, 7) is 20.0. The molecule has 0 aliphatic heterocycles. The standard InChI is InChI=1S/C79H67N5O.Pt/c1-51(2)52(3)55-40-41-80-76(45-55)84-72-39-35-61(83-70-32-18-16-28-66(70)67-29-17-19-33-71(67)83)48-69(72)68-37-36-63(49-74(68)84)85-62-27-20-26-60(47-62)81-50-82(75-44-56(34-38-73(75)81)53-22-12-10-13-23-53)77-64(54-24-14-11-15-25-54)30-21-31-65(77)57-42-58(78(4,5)6)46-59(43-57)79(7,8)9;/h10-46,48,51-52H,1-9H3;/q-2;/i11D,14D,15D,24D,25D;. The van der Waals surface area contributed by atoms with Crippen molar-refractivity contribution in [3.63, 3.8) is 0 Å². The molecule has 14 rings (SSSR count). The first-order valence-electron chi connectivity index (χ1n) is 31.8. The van der Waals surface area contributed by atoms with Gasteiger partial charge in [-0.05, 0) is 132 Å². The van der Waals surface area contributed by atoms with E-state index in [1.54, 1.807) is 0 Å². The van der Waals surface area contributed by atoms with Crippen LogP contribution in [0.15, 0.2) is 231 Å². The molecule has 6 nitrogen and oxygen atoms in total. The maximum atomic E-state index is 9.43. The van der Waals surface area contributed by atoms with Crippen molar-refractivity contribution in [3.8, 4) is 67.8 Å². The smallest absolute Gasteiger partial charge is 0.268 e. The maximum Gasteiger partial charge on any atom is 0.268 e. The molecule has 4 heterocycles. The second-order valence-corrected chi connectivity index (χ2v) is 24.8. The Morgan fingerprint density at radius 1 is 0.512 bits per heavy atom. The van der Waals surface area contributed by atoms with Crippen LogP contribution in [0.3, 0.4) is 0 Å². The van der Waals surface area contributed by atoms with Crippen LogP contribution in [0, 0.1) is 24.4 Å². The number of aromatic nitrogens is 5. The van der Waals surface area contributed by atoms with Crippen LogP contribution in [0.2, 0.25) is 0 Å². The van der Waals surface area contributed by atoms with Crippen LogP contribution in [0.1, 0.15) is 91.8 Å². The number of benzene rings is 10. The van der Waals surface area contributed by atoms with Crippen molar-refractivity contribution < 1.29 is 37.2 Å². The Labute approximate surface area is 525 Å². The maximum absolute atomic E-state index is 9.43. The fourth-order valence-corrected chi connectivity index (χ4v) is 12.0. The van der Waals surface area contributed by atoms with Gasteiger partial charge in [-0.15, -0.1) is 29.7 Å². The average Bonchev–Trinajstić information content (AvgIpc) is 1.66. The fourth-order valence-electron chi connectivity index (χ4n) is 12.0. The summed E-state index contributed by atoms with van der Waals surface area (Å²) >= 11 is 0. The third-order valence-electron chi connectivity index (χ3n) is 17.0. The molecule has 0 aliphatic rings. The average molecular weight is 1300 g/mol. The van der Waals surface area contributed by atoms with Crippen LogP contribution in [0.25, 0.3) is 111 Å². The fraction of sp³-hybridized carbons (Fsp3) is 0.165. The summed E-state index contributed by atoms with van der Waals surface area (Å²) in [4.78, 5) is 5.04. The SMILES string of the molecule is [2H]c1c([2H])c([2H])c(-c2cccc(-c3cc(C(C)(C)C)cc(C(C)(C)C)c3)c2-[n+]2[c-]n(-c3[c-]c(Oc4[c-]c5c(cc4)c4cc(-n6c7ccccc7c7ccccc76)ccc4n5-c4cc(C(C)C(C)C)ccn4)ccc3)c3ccc(-c4ccccc4)cc32)c([2H])c1[2H].[Pt]. The molecule has 0 bridgehead atoms. The molecule has 0 saturated heterocycles. The Kier molecular flexibility index (Phi) is 12.9. The van der Waals surface area contributed by atoms with Crippen molar-refractivity contribution in [1.82, 2.24) is 18.7 Å². The zero-order valence-electron chi connectivity index (χ0n) is 54.7. The number of ether oxygens (including phenoxy) is 1. The summed E-state index contributed by atoms with van der Waals surface area (Å²) in [6, 6.07) is 72.6. The second kappa shape index (κ2) is 22.1. The molecule has 0 fully saturated rings. The van der Waals surface area contributed by atoms with E-state index in [0.29, 0.717) is 40.3 Å². The number of para-hydroxylation sites is 3. The van der Waals surface area contributed by atoms with E-state index in [1.165, 1.54) is 16.3 Å². The van der Waals surface area contributed by atoms with Crippen molar-refractivity contribution in [2.45, 2.75) is 79.1 Å². The molecule has 1 unspecified atom stereocenters. The number of pyridine rings is 1. The number of hydrogen-bond acceptors (Lipinski definition) is 2. The summed E-state index contributed by atoms with van der Waals surface area (Å²) in [7, 11) is 0. The summed E-state index contributed by atoms with van der Waals surface area (Å²) in [5.74, 6) is 2.45. The molecular weight excluding hydrogens is 1230 g/mol. The van der Waals surface area contributed by atoms with Crippen LogP contribution in [0.5, 0.6) is 11.5 Å². The number of rotatable bonds is 11. The van der Waals surface area contributed by atoms with E-state index in [9.17, 15) is 2.74 Å². The van der Waals surface area contributed by atoms with Crippen molar-refractivity contribution in [1.29, 1.82) is 0 Å². The van der Waals surface area contributed by atoms with Gasteiger partial charge in [0.2, 0.25) is 0 Å². The molecule has 0 saturated carbocycles. The van der Waals surface area contributed by atoms with Crippen molar-refractivity contribution >= 4 is 54.6 Å². The molecule has 0 amide bonds. The zero-order chi connectivity index (χ0) is 62.7. The number of hydrogen-bond donors (Lipinski definition) is 0. The normalized spacial score (nSPS) is 13.3. The second-order valence-electron chi connectivity index (χ2n) is 24.8. The zero-order valence-corrected chi connectivity index (χ0v) is 51.9. The number of imidazole rings is 1. The third-order valence-corrected chi connectivity index (χ3v) is 17.0. The topological polar surface area (TPSA) is 40.8 Å². The summed E-state index contributed by atoms with van der Waals surface area (Å²) in [5, 5.41) is 4.45. The number of fused-ring (bicyclic) bond motifs is 7. The van der Waals surface area contributed by atoms with Gasteiger partial charge in [0.1, 0.15) is 5.82 Å². The van der Waals surface area contributed by atoms with E-state index >= 15 is 0 Å². The van der Waals surface area contributed by atoms with Crippen molar-refractivity contribution in [2.24, 2.45) is 5.92 Å². The minimum atomic E-state index is -0.455. The van der Waals surface area contributed by atoms with Gasteiger partial charge in [-0.1, -0.05) is 213 Å². The molecule has 0 spiro atoms. The molecule has 426 valence electrons. The van der Waals surface area contributed by atoms with Crippen molar-refractivity contribution in [3.05, 3.63) is 266 Å². The largest absolute Gasteiger partial charge is 0.510 e. The van der Waals surface area contributed by atoms with E-state index in [4.69, 9.17) is 13.8 Å². The van der Waals surface area contributed by atoms with Gasteiger partial charge < -0.3 is 18.4 Å². The Morgan fingerprint density at radius 2 is 1.15 bits per heavy atom. The van der Waals surface area contributed by atoms with Gasteiger partial charge in [0.05, 0.1) is 34.6 Å². The summed E-state index contributed by atoms with van der Waals surface area (Å²) < 4.78 is 60.7. The Hall–Kier alpha value is -9.09. The van der Waals surface area contributed by atoms with Gasteiger partial charge >= 0.3 is 0 Å². The van der Waals surface area contributed by atoms with E-state index in [2.05, 4.69) is 229 Å². The Morgan fingerprint density at radius 3 is 1.85 bits per heavy atom. The van der Waals surface area contributed by atoms with Crippen LogP contribution in [-0.4, -0.2) is 18.7 Å². The first-order chi connectivity index (χ1) is 43.2. The van der Waals surface area contributed by atoms with E-state index in [1.807, 2.05) is 69.9 Å². The minimum absolute atomic E-state index is 0. The van der Waals surface area contributed by atoms with Crippen LogP contribution in [-0.2, 0) is 31.9 Å². The molecule has 0 N–H and O–H groups in total. The minimum Gasteiger partial charge on any atom is -0.510 e. The van der Waals surface area contributed by atoms with Crippen LogP contribution < -0.4 is 9.30 Å². The Bertz CT molecular complexity index is 5090. The molecule has 1 atom stereocenters. The molecule has 10 aromatic carbocycles. The molecule has 14 aromatic rings. The monoisotopic (exact) mass is 1300 g/mol. The number of nitrogens with zero attached hydrogens (tertiary/aromatic N) is 5. The van der Waals surface area contributed by atoms with Gasteiger partial charge in [0.25, 0.3) is 6.33 Å². The van der Waals surface area contributed by atoms with Gasteiger partial charge in [0, 0.05) is 60.7 Å². The molecule has 4 aromatic heterocycles. The van der Waals surface area contributed by atoms with Crippen LogP contribution in [0.4, 0.5) is 0 Å². The quantitative estimate of drug-likeness (QED) is 0.0956. The van der Waals surface area contributed by atoms with Crippen molar-refractivity contribution in [2.75, 3.05) is 0 Å². The van der Waals surface area contributed by atoms with Crippen LogP contribution >= 0.6 is 0 Å².